The maximum Gasteiger partial charge on any atom is 0.338 e. The summed E-state index contributed by atoms with van der Waals surface area (Å²) in [5, 5.41) is 9.64. The summed E-state index contributed by atoms with van der Waals surface area (Å²) in [5.74, 6) is -0.949. The van der Waals surface area contributed by atoms with Gasteiger partial charge in [0.05, 0.1) is 12.2 Å². The Kier molecular flexibility index (Phi) is 4.58. The zero-order chi connectivity index (χ0) is 11.3. The number of rotatable bonds is 5. The van der Waals surface area contributed by atoms with Crippen molar-refractivity contribution in [1.82, 2.24) is 4.98 Å². The van der Waals surface area contributed by atoms with Gasteiger partial charge in [-0.2, -0.15) is 0 Å². The molecule has 1 N–H and O–H groups in total. The molecule has 1 rings (SSSR count). The maximum atomic E-state index is 10.9. The number of carbonyl (C=O) groups is 1. The third-order valence-electron chi connectivity index (χ3n) is 1.72. The van der Waals surface area contributed by atoms with E-state index in [1.807, 2.05) is 6.92 Å². The number of hydrogen-bond donors (Lipinski definition) is 1. The first-order valence-electron chi connectivity index (χ1n) is 4.49. The van der Waals surface area contributed by atoms with E-state index in [9.17, 15) is 4.79 Å². The summed E-state index contributed by atoms with van der Waals surface area (Å²) in [6, 6.07) is 3.17. The molecule has 1 aromatic rings. The SMILES string of the molecule is COCC(C)Sc1ncccc1C(=O)O. The van der Waals surface area contributed by atoms with Gasteiger partial charge in [-0.1, -0.05) is 6.92 Å². The lowest BCUT2D eigenvalue weighted by Crippen LogP contribution is -2.08. The molecule has 0 bridgehead atoms. The Hall–Kier alpha value is -1.07. The summed E-state index contributed by atoms with van der Waals surface area (Å²) >= 11 is 1.41. The first-order valence-corrected chi connectivity index (χ1v) is 5.37. The fourth-order valence-corrected chi connectivity index (χ4v) is 2.10. The largest absolute Gasteiger partial charge is 0.478 e. The molecule has 0 spiro atoms. The van der Waals surface area contributed by atoms with Crippen LogP contribution in [0.25, 0.3) is 0 Å². The minimum absolute atomic E-state index is 0.183. The Morgan fingerprint density at radius 3 is 3.07 bits per heavy atom. The molecule has 0 saturated carbocycles. The van der Waals surface area contributed by atoms with E-state index in [0.29, 0.717) is 11.6 Å². The molecule has 0 aliphatic heterocycles. The molecular formula is C10H13NO3S. The molecule has 0 saturated heterocycles. The van der Waals surface area contributed by atoms with Gasteiger partial charge >= 0.3 is 5.97 Å². The molecule has 0 aliphatic rings. The average molecular weight is 227 g/mol. The molecule has 82 valence electrons. The minimum Gasteiger partial charge on any atom is -0.478 e. The van der Waals surface area contributed by atoms with Crippen molar-refractivity contribution in [2.45, 2.75) is 17.2 Å². The van der Waals surface area contributed by atoms with Gasteiger partial charge in [-0.25, -0.2) is 9.78 Å². The fourth-order valence-electron chi connectivity index (χ4n) is 1.11. The second-order valence-corrected chi connectivity index (χ2v) is 4.47. The van der Waals surface area contributed by atoms with Crippen molar-refractivity contribution < 1.29 is 14.6 Å². The van der Waals surface area contributed by atoms with Crippen LogP contribution in [0.15, 0.2) is 23.4 Å². The number of pyridine rings is 1. The van der Waals surface area contributed by atoms with Gasteiger partial charge in [0.25, 0.3) is 0 Å². The lowest BCUT2D eigenvalue weighted by atomic mass is 10.3. The first kappa shape index (κ1) is 12.0. The van der Waals surface area contributed by atoms with Gasteiger partial charge in [0.2, 0.25) is 0 Å². The Labute approximate surface area is 92.7 Å². The highest BCUT2D eigenvalue weighted by Crippen LogP contribution is 2.24. The summed E-state index contributed by atoms with van der Waals surface area (Å²) in [7, 11) is 1.62. The molecule has 4 nitrogen and oxygen atoms in total. The molecule has 0 aliphatic carbocycles. The van der Waals surface area contributed by atoms with Gasteiger partial charge in [0.15, 0.2) is 0 Å². The fraction of sp³-hybridized carbons (Fsp3) is 0.400. The van der Waals surface area contributed by atoms with E-state index in [1.165, 1.54) is 11.8 Å². The minimum atomic E-state index is -0.949. The number of carboxylic acid groups (broad SMARTS) is 1. The van der Waals surface area contributed by atoms with E-state index in [4.69, 9.17) is 9.84 Å². The van der Waals surface area contributed by atoms with Crippen molar-refractivity contribution in [1.29, 1.82) is 0 Å². The lowest BCUT2D eigenvalue weighted by Gasteiger charge is -2.10. The normalized spacial score (nSPS) is 12.4. The first-order chi connectivity index (χ1) is 7.15. The van der Waals surface area contributed by atoms with Gasteiger partial charge in [-0.15, -0.1) is 11.8 Å². The van der Waals surface area contributed by atoms with E-state index in [2.05, 4.69) is 4.98 Å². The zero-order valence-corrected chi connectivity index (χ0v) is 9.45. The van der Waals surface area contributed by atoms with Crippen molar-refractivity contribution in [3.8, 4) is 0 Å². The number of nitrogens with zero attached hydrogens (tertiary/aromatic N) is 1. The smallest absolute Gasteiger partial charge is 0.338 e. The van der Waals surface area contributed by atoms with Crippen LogP contribution in [0.1, 0.15) is 17.3 Å². The number of aromatic nitrogens is 1. The highest BCUT2D eigenvalue weighted by atomic mass is 32.2. The third kappa shape index (κ3) is 3.53. The second kappa shape index (κ2) is 5.72. The number of carboxylic acids is 1. The van der Waals surface area contributed by atoms with Crippen molar-refractivity contribution >= 4 is 17.7 Å². The molecule has 15 heavy (non-hydrogen) atoms. The Balaban J connectivity index is 2.79. The topological polar surface area (TPSA) is 59.4 Å². The van der Waals surface area contributed by atoms with Gasteiger partial charge < -0.3 is 9.84 Å². The quantitative estimate of drug-likeness (QED) is 0.778. The summed E-state index contributed by atoms with van der Waals surface area (Å²) in [6.45, 7) is 2.54. The van der Waals surface area contributed by atoms with E-state index in [0.717, 1.165) is 0 Å². The summed E-state index contributed by atoms with van der Waals surface area (Å²) in [6.07, 6.45) is 1.59. The highest BCUT2D eigenvalue weighted by molar-refractivity contribution is 7.99. The number of methoxy groups -OCH3 is 1. The van der Waals surface area contributed by atoms with Crippen molar-refractivity contribution in [3.05, 3.63) is 23.9 Å². The van der Waals surface area contributed by atoms with Crippen LogP contribution in [-0.4, -0.2) is 35.0 Å². The van der Waals surface area contributed by atoms with Crippen LogP contribution in [0.3, 0.4) is 0 Å². The van der Waals surface area contributed by atoms with Gasteiger partial charge in [-0.05, 0) is 12.1 Å². The van der Waals surface area contributed by atoms with Crippen LogP contribution >= 0.6 is 11.8 Å². The van der Waals surface area contributed by atoms with Crippen LogP contribution < -0.4 is 0 Å². The molecule has 1 aromatic heterocycles. The van der Waals surface area contributed by atoms with E-state index in [1.54, 1.807) is 25.4 Å². The van der Waals surface area contributed by atoms with E-state index in [-0.39, 0.29) is 10.8 Å². The molecule has 1 unspecified atom stereocenters. The van der Waals surface area contributed by atoms with Crippen molar-refractivity contribution in [3.63, 3.8) is 0 Å². The molecule has 0 aromatic carbocycles. The number of thioether (sulfide) groups is 1. The standard InChI is InChI=1S/C10H13NO3S/c1-7(6-14-2)15-9-8(10(12)13)4-3-5-11-9/h3-5,7H,6H2,1-2H3,(H,12,13). The van der Waals surface area contributed by atoms with Crippen LogP contribution in [0.5, 0.6) is 0 Å². The molecule has 5 heteroatoms. The molecule has 1 heterocycles. The van der Waals surface area contributed by atoms with Crippen molar-refractivity contribution in [2.24, 2.45) is 0 Å². The number of aromatic carboxylic acids is 1. The van der Waals surface area contributed by atoms with Gasteiger partial charge in [0, 0.05) is 18.6 Å². The predicted octanol–water partition coefficient (Wildman–Crippen LogP) is 1.91. The Bertz CT molecular complexity index is 343. The summed E-state index contributed by atoms with van der Waals surface area (Å²) in [4.78, 5) is 14.9. The second-order valence-electron chi connectivity index (χ2n) is 3.05. The van der Waals surface area contributed by atoms with Crippen LogP contribution in [0.2, 0.25) is 0 Å². The lowest BCUT2D eigenvalue weighted by molar-refractivity contribution is 0.0692. The maximum absolute atomic E-state index is 10.9. The summed E-state index contributed by atoms with van der Waals surface area (Å²) in [5.41, 5.74) is 0.241. The van der Waals surface area contributed by atoms with Gasteiger partial charge in [0.1, 0.15) is 5.03 Å². The van der Waals surface area contributed by atoms with E-state index < -0.39 is 5.97 Å². The molecule has 0 fully saturated rings. The zero-order valence-electron chi connectivity index (χ0n) is 8.64. The average Bonchev–Trinajstić information content (AvgIpc) is 2.18. The molecule has 0 amide bonds. The molecule has 0 radical (unpaired) electrons. The monoisotopic (exact) mass is 227 g/mol. The Morgan fingerprint density at radius 1 is 1.73 bits per heavy atom. The molecular weight excluding hydrogens is 214 g/mol. The van der Waals surface area contributed by atoms with Crippen LogP contribution in [-0.2, 0) is 4.74 Å². The number of hydrogen-bond acceptors (Lipinski definition) is 4. The van der Waals surface area contributed by atoms with Gasteiger partial charge in [-0.3, -0.25) is 0 Å². The predicted molar refractivity (Wildman–Crippen MR) is 58.4 cm³/mol. The number of ether oxygens (including phenoxy) is 1. The van der Waals surface area contributed by atoms with E-state index >= 15 is 0 Å². The summed E-state index contributed by atoms with van der Waals surface area (Å²) < 4.78 is 4.98. The Morgan fingerprint density at radius 2 is 2.47 bits per heavy atom. The third-order valence-corrected chi connectivity index (χ3v) is 2.80. The highest BCUT2D eigenvalue weighted by Gasteiger charge is 2.13. The molecule has 1 atom stereocenters. The van der Waals surface area contributed by atoms with Crippen molar-refractivity contribution in [2.75, 3.05) is 13.7 Å². The van der Waals surface area contributed by atoms with Crippen LogP contribution in [0.4, 0.5) is 0 Å². The van der Waals surface area contributed by atoms with Crippen LogP contribution in [0, 0.1) is 0 Å².